The minimum atomic E-state index is 0.214. The van der Waals surface area contributed by atoms with Crippen molar-refractivity contribution in [3.63, 3.8) is 0 Å². The van der Waals surface area contributed by atoms with Crippen LogP contribution in [0.4, 0.5) is 0 Å². The van der Waals surface area contributed by atoms with E-state index >= 15 is 0 Å². The van der Waals surface area contributed by atoms with Crippen LogP contribution in [0.2, 0.25) is 5.02 Å². The highest BCUT2D eigenvalue weighted by Gasteiger charge is 2.19. The minimum Gasteiger partial charge on any atom is -0.143 e. The van der Waals surface area contributed by atoms with Crippen molar-refractivity contribution in [1.82, 2.24) is 0 Å². The number of halogens is 2. The van der Waals surface area contributed by atoms with Crippen molar-refractivity contribution in [1.29, 1.82) is 0 Å². The largest absolute Gasteiger partial charge is 0.143 e. The van der Waals surface area contributed by atoms with Crippen LogP contribution < -0.4 is 0 Å². The molecule has 0 aliphatic heterocycles. The number of benzene rings is 1. The Morgan fingerprint density at radius 2 is 1.84 bits per heavy atom. The third kappa shape index (κ3) is 3.42. The van der Waals surface area contributed by atoms with E-state index in [2.05, 4.69) is 61.0 Å². The molecule has 0 bridgehead atoms. The lowest BCUT2D eigenvalue weighted by Gasteiger charge is -2.16. The highest BCUT2D eigenvalue weighted by molar-refractivity contribution is 9.09. The monoisotopic (exact) mass is 356 g/mol. The average Bonchev–Trinajstić information content (AvgIpc) is 2.81. The summed E-state index contributed by atoms with van der Waals surface area (Å²) in [7, 11) is 0. The van der Waals surface area contributed by atoms with E-state index in [0.717, 1.165) is 10.6 Å². The van der Waals surface area contributed by atoms with Gasteiger partial charge in [-0.15, -0.1) is 11.3 Å². The Kier molecular flexibility index (Phi) is 4.44. The van der Waals surface area contributed by atoms with Gasteiger partial charge >= 0.3 is 0 Å². The first kappa shape index (κ1) is 15.1. The average molecular weight is 358 g/mol. The summed E-state index contributed by atoms with van der Waals surface area (Å²) in [6.07, 6.45) is 0. The van der Waals surface area contributed by atoms with Crippen molar-refractivity contribution in [2.24, 2.45) is 0 Å². The molecule has 1 heterocycles. The highest BCUT2D eigenvalue weighted by Crippen LogP contribution is 2.39. The first-order valence-electron chi connectivity index (χ1n) is 6.29. The Morgan fingerprint density at radius 1 is 1.16 bits per heavy atom. The third-order valence-electron chi connectivity index (χ3n) is 3.09. The number of thiophene rings is 1. The van der Waals surface area contributed by atoms with Crippen LogP contribution in [0, 0.1) is 6.92 Å². The van der Waals surface area contributed by atoms with Crippen LogP contribution in [-0.4, -0.2) is 0 Å². The van der Waals surface area contributed by atoms with Crippen LogP contribution in [0.1, 0.15) is 46.5 Å². The van der Waals surface area contributed by atoms with Gasteiger partial charge in [0.2, 0.25) is 0 Å². The second-order valence-electron chi connectivity index (χ2n) is 5.82. The summed E-state index contributed by atoms with van der Waals surface area (Å²) < 4.78 is 0. The fourth-order valence-corrected chi connectivity index (χ4v) is 3.79. The maximum Gasteiger partial charge on any atom is 0.0738 e. The van der Waals surface area contributed by atoms with E-state index in [1.165, 1.54) is 15.3 Å². The molecule has 102 valence electrons. The molecule has 0 saturated heterocycles. The van der Waals surface area contributed by atoms with Gasteiger partial charge in [-0.2, -0.15) is 0 Å². The van der Waals surface area contributed by atoms with Gasteiger partial charge in [-0.1, -0.05) is 60.4 Å². The van der Waals surface area contributed by atoms with Crippen LogP contribution in [0.15, 0.2) is 30.3 Å². The molecule has 0 N–H and O–H groups in total. The van der Waals surface area contributed by atoms with E-state index in [4.69, 9.17) is 11.6 Å². The Morgan fingerprint density at radius 3 is 2.37 bits per heavy atom. The SMILES string of the molecule is Cc1cc(C(Br)c2ccc(C(C)(C)C)s2)ccc1Cl. The van der Waals surface area contributed by atoms with Gasteiger partial charge in [0.05, 0.1) is 4.83 Å². The van der Waals surface area contributed by atoms with E-state index in [0.29, 0.717) is 0 Å². The van der Waals surface area contributed by atoms with Gasteiger partial charge in [0.15, 0.2) is 0 Å². The van der Waals surface area contributed by atoms with Gasteiger partial charge in [-0.05, 0) is 41.7 Å². The summed E-state index contributed by atoms with van der Waals surface area (Å²) in [5.74, 6) is 0. The number of hydrogen-bond donors (Lipinski definition) is 0. The molecule has 0 amide bonds. The lowest BCUT2D eigenvalue weighted by molar-refractivity contribution is 0.604. The van der Waals surface area contributed by atoms with E-state index in [9.17, 15) is 0 Å². The zero-order chi connectivity index (χ0) is 14.2. The topological polar surface area (TPSA) is 0 Å². The standard InChI is InChI=1S/C16H18BrClS/c1-10-9-11(5-6-12(10)18)15(17)13-7-8-14(19-13)16(2,3)4/h5-9,15H,1-4H3. The molecular formula is C16H18BrClS. The summed E-state index contributed by atoms with van der Waals surface area (Å²) in [6.45, 7) is 8.79. The minimum absolute atomic E-state index is 0.214. The fraction of sp³-hybridized carbons (Fsp3) is 0.375. The predicted octanol–water partition coefficient (Wildman–Crippen LogP) is 6.49. The van der Waals surface area contributed by atoms with Gasteiger partial charge in [-0.3, -0.25) is 0 Å². The van der Waals surface area contributed by atoms with E-state index in [-0.39, 0.29) is 10.2 Å². The van der Waals surface area contributed by atoms with E-state index < -0.39 is 0 Å². The number of rotatable bonds is 2. The van der Waals surface area contributed by atoms with Crippen molar-refractivity contribution in [2.75, 3.05) is 0 Å². The van der Waals surface area contributed by atoms with Gasteiger partial charge in [0.25, 0.3) is 0 Å². The van der Waals surface area contributed by atoms with Crippen LogP contribution in [0.5, 0.6) is 0 Å². The van der Waals surface area contributed by atoms with Crippen molar-refractivity contribution < 1.29 is 0 Å². The Labute approximate surface area is 132 Å². The van der Waals surface area contributed by atoms with Crippen LogP contribution in [0.3, 0.4) is 0 Å². The third-order valence-corrected chi connectivity index (χ3v) is 6.42. The molecule has 2 rings (SSSR count). The first-order valence-corrected chi connectivity index (χ1v) is 8.40. The molecule has 1 atom stereocenters. The summed E-state index contributed by atoms with van der Waals surface area (Å²) in [4.78, 5) is 2.99. The molecule has 1 aromatic heterocycles. The van der Waals surface area contributed by atoms with E-state index in [1.807, 2.05) is 24.3 Å². The van der Waals surface area contributed by atoms with E-state index in [1.54, 1.807) is 0 Å². The van der Waals surface area contributed by atoms with Gasteiger partial charge in [0.1, 0.15) is 0 Å². The Hall–Kier alpha value is -0.310. The van der Waals surface area contributed by atoms with Crippen molar-refractivity contribution in [3.8, 4) is 0 Å². The summed E-state index contributed by atoms with van der Waals surface area (Å²) in [6, 6.07) is 10.7. The fourth-order valence-electron chi connectivity index (χ4n) is 1.88. The Bertz CT molecular complexity index is 581. The zero-order valence-electron chi connectivity index (χ0n) is 11.6. The normalized spacial score (nSPS) is 13.6. The molecule has 0 saturated carbocycles. The molecule has 3 heteroatoms. The van der Waals surface area contributed by atoms with Crippen molar-refractivity contribution >= 4 is 38.9 Å². The first-order chi connectivity index (χ1) is 8.79. The lowest BCUT2D eigenvalue weighted by Crippen LogP contribution is -2.07. The van der Waals surface area contributed by atoms with Crippen LogP contribution >= 0.6 is 38.9 Å². The molecule has 19 heavy (non-hydrogen) atoms. The Balaban J connectivity index is 2.31. The molecule has 0 spiro atoms. The van der Waals surface area contributed by atoms with Gasteiger partial charge < -0.3 is 0 Å². The van der Waals surface area contributed by atoms with Crippen molar-refractivity contribution in [2.45, 2.75) is 37.9 Å². The smallest absolute Gasteiger partial charge is 0.0738 e. The van der Waals surface area contributed by atoms with Crippen molar-refractivity contribution in [3.05, 3.63) is 56.2 Å². The molecule has 2 aromatic rings. The molecule has 1 aromatic carbocycles. The van der Waals surface area contributed by atoms with Crippen LogP contribution in [-0.2, 0) is 5.41 Å². The maximum absolute atomic E-state index is 6.08. The quantitative estimate of drug-likeness (QED) is 0.539. The lowest BCUT2D eigenvalue weighted by atomic mass is 9.95. The number of alkyl halides is 1. The summed E-state index contributed by atoms with van der Waals surface area (Å²) in [5, 5.41) is 0.824. The second-order valence-corrected chi connectivity index (χ2v) is 8.26. The molecular weight excluding hydrogens is 340 g/mol. The van der Waals surface area contributed by atoms with Crippen LogP contribution in [0.25, 0.3) is 0 Å². The number of aryl methyl sites for hydroxylation is 1. The zero-order valence-corrected chi connectivity index (χ0v) is 14.8. The highest BCUT2D eigenvalue weighted by atomic mass is 79.9. The molecule has 0 nitrogen and oxygen atoms in total. The molecule has 0 aliphatic carbocycles. The van der Waals surface area contributed by atoms with Gasteiger partial charge in [0, 0.05) is 14.8 Å². The molecule has 0 aliphatic rings. The maximum atomic E-state index is 6.08. The molecule has 0 radical (unpaired) electrons. The summed E-state index contributed by atoms with van der Waals surface area (Å²) >= 11 is 11.8. The van der Waals surface area contributed by atoms with Gasteiger partial charge in [-0.25, -0.2) is 0 Å². The number of hydrogen-bond acceptors (Lipinski definition) is 1. The second kappa shape index (κ2) is 5.59. The molecule has 0 fully saturated rings. The summed E-state index contributed by atoms with van der Waals surface area (Å²) in [5.41, 5.74) is 2.59. The molecule has 1 unspecified atom stereocenters. The predicted molar refractivity (Wildman–Crippen MR) is 90.0 cm³/mol.